The van der Waals surface area contributed by atoms with E-state index in [9.17, 15) is 14.4 Å². The van der Waals surface area contributed by atoms with Crippen LogP contribution in [0.15, 0.2) is 35.3 Å². The highest BCUT2D eigenvalue weighted by atomic mass is 16.8. The van der Waals surface area contributed by atoms with Gasteiger partial charge in [-0.3, -0.25) is 9.59 Å². The van der Waals surface area contributed by atoms with Gasteiger partial charge in [-0.1, -0.05) is 18.2 Å². The number of hydrogen-bond donors (Lipinski definition) is 0. The van der Waals surface area contributed by atoms with E-state index < -0.39 is 11.8 Å². The zero-order chi connectivity index (χ0) is 17.4. The molecule has 1 aromatic heterocycles. The van der Waals surface area contributed by atoms with Crippen LogP contribution in [0.3, 0.4) is 0 Å². The number of ether oxygens (including phenoxy) is 2. The van der Waals surface area contributed by atoms with Gasteiger partial charge in [-0.05, 0) is 6.07 Å². The largest absolute Gasteiger partial charge is 0.509 e. The van der Waals surface area contributed by atoms with Gasteiger partial charge in [0.25, 0.3) is 5.56 Å². The van der Waals surface area contributed by atoms with Crippen molar-refractivity contribution in [1.82, 2.24) is 14.7 Å². The van der Waals surface area contributed by atoms with Crippen LogP contribution in [0.25, 0.3) is 10.8 Å². The number of amides is 1. The predicted octanol–water partition coefficient (Wildman–Crippen LogP) is 0.924. The van der Waals surface area contributed by atoms with Gasteiger partial charge in [-0.25, -0.2) is 9.48 Å². The second-order valence-electron chi connectivity index (χ2n) is 6.40. The third-order valence-electron chi connectivity index (χ3n) is 4.83. The van der Waals surface area contributed by atoms with Crippen LogP contribution in [0, 0.1) is 0 Å². The van der Waals surface area contributed by atoms with Crippen LogP contribution < -0.4 is 5.56 Å². The number of nitrogens with zero attached hydrogens (tertiary/aromatic N) is 3. The molecule has 0 unspecified atom stereocenters. The summed E-state index contributed by atoms with van der Waals surface area (Å²) in [7, 11) is 0. The molecule has 2 aromatic rings. The summed E-state index contributed by atoms with van der Waals surface area (Å²) in [5.74, 6) is -0.176. The van der Waals surface area contributed by atoms with E-state index in [-0.39, 0.29) is 24.6 Å². The Morgan fingerprint density at radius 1 is 1.20 bits per heavy atom. The molecule has 0 atom stereocenters. The summed E-state index contributed by atoms with van der Waals surface area (Å²) in [4.78, 5) is 37.8. The Hall–Kier alpha value is -2.90. The Morgan fingerprint density at radius 2 is 1.96 bits per heavy atom. The molecule has 2 fully saturated rings. The first-order chi connectivity index (χ1) is 12.1. The van der Waals surface area contributed by atoms with Crippen molar-refractivity contribution in [1.29, 1.82) is 0 Å². The molecule has 1 aromatic carbocycles. The van der Waals surface area contributed by atoms with E-state index in [1.54, 1.807) is 23.2 Å². The number of fused-ring (bicyclic) bond motifs is 1. The van der Waals surface area contributed by atoms with Gasteiger partial charge in [0, 0.05) is 31.3 Å². The van der Waals surface area contributed by atoms with Crippen LogP contribution in [-0.4, -0.2) is 52.0 Å². The number of benzene rings is 1. The number of rotatable bonds is 2. The van der Waals surface area contributed by atoms with Crippen molar-refractivity contribution in [2.45, 2.75) is 25.0 Å². The van der Waals surface area contributed by atoms with Gasteiger partial charge in [-0.2, -0.15) is 5.10 Å². The van der Waals surface area contributed by atoms with Crippen LogP contribution in [-0.2, 0) is 20.8 Å². The molecule has 25 heavy (non-hydrogen) atoms. The van der Waals surface area contributed by atoms with Crippen molar-refractivity contribution in [3.05, 3.63) is 40.8 Å². The second-order valence-corrected chi connectivity index (χ2v) is 6.40. The smallest absolute Gasteiger partial charge is 0.430 e. The minimum absolute atomic E-state index is 0.104. The lowest BCUT2D eigenvalue weighted by Crippen LogP contribution is -2.49. The van der Waals surface area contributed by atoms with E-state index in [1.807, 2.05) is 12.1 Å². The summed E-state index contributed by atoms with van der Waals surface area (Å²) < 4.78 is 11.3. The minimum Gasteiger partial charge on any atom is -0.430 e. The highest BCUT2D eigenvalue weighted by Gasteiger charge is 2.45. The topological polar surface area (TPSA) is 90.7 Å². The molecule has 1 spiro atoms. The van der Waals surface area contributed by atoms with E-state index in [1.165, 1.54) is 4.68 Å². The summed E-state index contributed by atoms with van der Waals surface area (Å²) in [6.07, 6.45) is 2.01. The molecule has 0 aliphatic carbocycles. The molecule has 4 rings (SSSR count). The van der Waals surface area contributed by atoms with E-state index >= 15 is 0 Å². The van der Waals surface area contributed by atoms with E-state index in [4.69, 9.17) is 9.47 Å². The molecule has 2 aliphatic heterocycles. The van der Waals surface area contributed by atoms with Crippen LogP contribution >= 0.6 is 0 Å². The molecule has 3 heterocycles. The summed E-state index contributed by atoms with van der Waals surface area (Å²) in [6, 6.07) is 7.15. The molecule has 0 N–H and O–H groups in total. The quantitative estimate of drug-likeness (QED) is 0.753. The van der Waals surface area contributed by atoms with Crippen molar-refractivity contribution in [3.63, 3.8) is 0 Å². The average molecular weight is 343 g/mol. The number of cyclic esters (lactones) is 1. The minimum atomic E-state index is -0.647. The maximum absolute atomic E-state index is 12.5. The summed E-state index contributed by atoms with van der Waals surface area (Å²) >= 11 is 0. The molecular formula is C17H17N3O5. The van der Waals surface area contributed by atoms with Gasteiger partial charge in [0.05, 0.1) is 11.6 Å². The fraction of sp³-hybridized carbons (Fsp3) is 0.412. The number of carbonyl (C=O) groups excluding carboxylic acids is 2. The van der Waals surface area contributed by atoms with Gasteiger partial charge in [0.1, 0.15) is 13.2 Å². The maximum atomic E-state index is 12.5. The normalized spacial score (nSPS) is 19.0. The zero-order valence-corrected chi connectivity index (χ0v) is 13.5. The van der Waals surface area contributed by atoms with Crippen molar-refractivity contribution >= 4 is 22.8 Å². The molecule has 2 aliphatic rings. The Balaban J connectivity index is 1.45. The highest BCUT2D eigenvalue weighted by Crippen LogP contribution is 2.31. The molecule has 2 saturated heterocycles. The SMILES string of the molecule is O=C1OCC2(CCN(C(=O)Cn3ncc4ccccc4c3=O)CC2)O1. The van der Waals surface area contributed by atoms with Gasteiger partial charge < -0.3 is 14.4 Å². The molecular weight excluding hydrogens is 326 g/mol. The first kappa shape index (κ1) is 15.6. The van der Waals surface area contributed by atoms with Crippen LogP contribution in [0.4, 0.5) is 4.79 Å². The lowest BCUT2D eigenvalue weighted by atomic mass is 9.92. The van der Waals surface area contributed by atoms with Crippen LogP contribution in [0.1, 0.15) is 12.8 Å². The fourth-order valence-corrected chi connectivity index (χ4v) is 3.30. The lowest BCUT2D eigenvalue weighted by Gasteiger charge is -2.36. The first-order valence-electron chi connectivity index (χ1n) is 8.15. The van der Waals surface area contributed by atoms with Gasteiger partial charge in [0.2, 0.25) is 5.91 Å². The summed E-state index contributed by atoms with van der Waals surface area (Å²) in [5.41, 5.74) is -0.885. The molecule has 0 saturated carbocycles. The van der Waals surface area contributed by atoms with Crippen molar-refractivity contribution in [2.75, 3.05) is 19.7 Å². The maximum Gasteiger partial charge on any atom is 0.509 e. The predicted molar refractivity (Wildman–Crippen MR) is 87.0 cm³/mol. The second kappa shape index (κ2) is 5.87. The average Bonchev–Trinajstić information content (AvgIpc) is 2.98. The zero-order valence-electron chi connectivity index (χ0n) is 13.5. The van der Waals surface area contributed by atoms with E-state index in [2.05, 4.69) is 5.10 Å². The monoisotopic (exact) mass is 343 g/mol. The van der Waals surface area contributed by atoms with Crippen molar-refractivity contribution in [3.8, 4) is 0 Å². The van der Waals surface area contributed by atoms with E-state index in [0.29, 0.717) is 31.3 Å². The summed E-state index contributed by atoms with van der Waals surface area (Å²) in [5, 5.41) is 5.38. The van der Waals surface area contributed by atoms with Gasteiger partial charge in [-0.15, -0.1) is 0 Å². The lowest BCUT2D eigenvalue weighted by molar-refractivity contribution is -0.135. The van der Waals surface area contributed by atoms with Crippen molar-refractivity contribution < 1.29 is 19.1 Å². The summed E-state index contributed by atoms with van der Waals surface area (Å²) in [6.45, 7) is 1.04. The Kier molecular flexibility index (Phi) is 3.67. The molecule has 0 radical (unpaired) electrons. The highest BCUT2D eigenvalue weighted by molar-refractivity contribution is 5.81. The molecule has 8 nitrogen and oxygen atoms in total. The number of aromatic nitrogens is 2. The molecule has 0 bridgehead atoms. The van der Waals surface area contributed by atoms with Gasteiger partial charge in [0.15, 0.2) is 5.60 Å². The van der Waals surface area contributed by atoms with Crippen molar-refractivity contribution in [2.24, 2.45) is 0 Å². The number of carbonyl (C=O) groups is 2. The van der Waals surface area contributed by atoms with E-state index in [0.717, 1.165) is 5.39 Å². The number of likely N-dealkylation sites (tertiary alicyclic amines) is 1. The third kappa shape index (κ3) is 2.84. The standard InChI is InChI=1S/C17H17N3O5/c21-14(19-7-5-17(6-8-19)11-24-16(23)25-17)10-20-15(22)13-4-2-1-3-12(13)9-18-20/h1-4,9H,5-8,10-11H2. The number of hydrogen-bond acceptors (Lipinski definition) is 6. The fourth-order valence-electron chi connectivity index (χ4n) is 3.30. The Bertz CT molecular complexity index is 899. The van der Waals surface area contributed by atoms with Crippen LogP contribution in [0.2, 0.25) is 0 Å². The Morgan fingerprint density at radius 3 is 2.68 bits per heavy atom. The molecule has 8 heteroatoms. The van der Waals surface area contributed by atoms with Crippen LogP contribution in [0.5, 0.6) is 0 Å². The number of piperidine rings is 1. The Labute approximate surface area is 142 Å². The molecule has 1 amide bonds. The van der Waals surface area contributed by atoms with Gasteiger partial charge >= 0.3 is 6.16 Å². The third-order valence-corrected chi connectivity index (χ3v) is 4.83. The first-order valence-corrected chi connectivity index (χ1v) is 8.15. The molecule has 130 valence electrons.